The van der Waals surface area contributed by atoms with Crippen LogP contribution in [0.2, 0.25) is 5.02 Å². The predicted molar refractivity (Wildman–Crippen MR) is 150 cm³/mol. The van der Waals surface area contributed by atoms with E-state index in [1.54, 1.807) is 59.9 Å². The van der Waals surface area contributed by atoms with Crippen molar-refractivity contribution in [1.29, 1.82) is 0 Å². The van der Waals surface area contributed by atoms with Gasteiger partial charge in [-0.05, 0) is 73.6 Å². The molecule has 5 nitrogen and oxygen atoms in total. The summed E-state index contributed by atoms with van der Waals surface area (Å²) in [7, 11) is -2.26. The van der Waals surface area contributed by atoms with Crippen LogP contribution in [0.3, 0.4) is 0 Å². The van der Waals surface area contributed by atoms with Gasteiger partial charge in [0.25, 0.3) is 10.0 Å². The number of hydrogen-bond donors (Lipinski definition) is 0. The number of nitrogens with zero attached hydrogens (tertiary/aromatic N) is 2. The third-order valence-corrected chi connectivity index (χ3v) is 10.1. The van der Waals surface area contributed by atoms with Crippen LogP contribution in [0.25, 0.3) is 0 Å². The monoisotopic (exact) mass is 538 g/mol. The fourth-order valence-corrected chi connectivity index (χ4v) is 7.97. The Morgan fingerprint density at radius 2 is 1.57 bits per heavy atom. The summed E-state index contributed by atoms with van der Waals surface area (Å²) in [6, 6.07) is 25.1. The van der Waals surface area contributed by atoms with E-state index in [0.717, 1.165) is 25.9 Å². The van der Waals surface area contributed by atoms with E-state index >= 15 is 0 Å². The summed E-state index contributed by atoms with van der Waals surface area (Å²) in [6.45, 7) is 1.77. The molecule has 0 N–H and O–H groups in total. The summed E-state index contributed by atoms with van der Waals surface area (Å²) >= 11 is 6.15. The molecule has 1 heterocycles. The molecule has 1 saturated heterocycles. The first-order valence-electron chi connectivity index (χ1n) is 13.2. The zero-order chi connectivity index (χ0) is 25.8. The van der Waals surface area contributed by atoms with Crippen LogP contribution < -0.4 is 9.04 Å². The molecule has 7 heteroatoms. The van der Waals surface area contributed by atoms with E-state index < -0.39 is 10.0 Å². The van der Waals surface area contributed by atoms with Gasteiger partial charge in [0.05, 0.1) is 17.7 Å². The highest BCUT2D eigenvalue weighted by molar-refractivity contribution is 7.92. The zero-order valence-corrected chi connectivity index (χ0v) is 22.9. The smallest absolute Gasteiger partial charge is 0.264 e. The lowest BCUT2D eigenvalue weighted by atomic mass is 9.78. The molecule has 0 aromatic heterocycles. The molecule has 196 valence electrons. The Hall–Kier alpha value is -2.54. The first-order valence-corrected chi connectivity index (χ1v) is 15.0. The van der Waals surface area contributed by atoms with Gasteiger partial charge in [0.2, 0.25) is 0 Å². The molecule has 2 fully saturated rings. The Balaban J connectivity index is 1.40. The number of benzene rings is 3. The Bertz CT molecular complexity index is 1280. The number of likely N-dealkylation sites (tertiary alicyclic amines) is 1. The zero-order valence-electron chi connectivity index (χ0n) is 21.3. The van der Waals surface area contributed by atoms with E-state index in [0.29, 0.717) is 28.4 Å². The van der Waals surface area contributed by atoms with Crippen LogP contribution >= 0.6 is 11.6 Å². The number of hydrogen-bond acceptors (Lipinski definition) is 4. The van der Waals surface area contributed by atoms with Gasteiger partial charge in [0, 0.05) is 36.3 Å². The first kappa shape index (κ1) is 26.1. The predicted octanol–water partition coefficient (Wildman–Crippen LogP) is 6.73. The highest BCUT2D eigenvalue weighted by atomic mass is 35.5. The Labute approximate surface area is 226 Å². The molecule has 2 atom stereocenters. The fourth-order valence-electron chi connectivity index (χ4n) is 6.10. The average Bonchev–Trinajstić information content (AvgIpc) is 2.95. The molecule has 3 aromatic rings. The second kappa shape index (κ2) is 11.5. The standard InChI is InChI=1S/C30H35ClN2O3S/c1-36-27-10-7-11-28(22-27)37(34,35)33(25-16-14-24(31)15-17-25)26-18-20-32(21-19-26)30-13-6-5-12-29(30)23-8-3-2-4-9-23/h2-4,7-11,14-17,22,26,29-30H,5-6,12-13,18-21H2,1H3. The summed E-state index contributed by atoms with van der Waals surface area (Å²) in [5.74, 6) is 1.07. The van der Waals surface area contributed by atoms with Gasteiger partial charge in [-0.25, -0.2) is 8.42 Å². The molecule has 5 rings (SSSR count). The summed E-state index contributed by atoms with van der Waals surface area (Å²) in [4.78, 5) is 2.85. The van der Waals surface area contributed by atoms with Crippen molar-refractivity contribution >= 4 is 27.3 Å². The molecule has 0 spiro atoms. The lowest BCUT2D eigenvalue weighted by Crippen LogP contribution is -2.51. The first-order chi connectivity index (χ1) is 18.0. The maximum atomic E-state index is 14.0. The molecular weight excluding hydrogens is 504 g/mol. The minimum atomic E-state index is -3.80. The lowest BCUT2D eigenvalue weighted by molar-refractivity contribution is 0.107. The quantitative estimate of drug-likeness (QED) is 0.334. The maximum Gasteiger partial charge on any atom is 0.264 e. The van der Waals surface area contributed by atoms with Gasteiger partial charge in [-0.1, -0.05) is 60.8 Å². The fraction of sp³-hybridized carbons (Fsp3) is 0.400. The van der Waals surface area contributed by atoms with Crippen LogP contribution in [0, 0.1) is 0 Å². The third-order valence-electron chi connectivity index (χ3n) is 7.94. The molecule has 2 unspecified atom stereocenters. The summed E-state index contributed by atoms with van der Waals surface area (Å²) in [5.41, 5.74) is 2.07. The number of rotatable bonds is 7. The van der Waals surface area contributed by atoms with Crippen LogP contribution in [0.1, 0.15) is 50.0 Å². The van der Waals surface area contributed by atoms with Gasteiger partial charge in [0.1, 0.15) is 5.75 Å². The normalized spacial score (nSPS) is 21.5. The van der Waals surface area contributed by atoms with Crippen molar-refractivity contribution in [2.75, 3.05) is 24.5 Å². The molecule has 1 aliphatic heterocycles. The van der Waals surface area contributed by atoms with E-state index in [1.165, 1.54) is 31.2 Å². The molecule has 0 bridgehead atoms. The molecule has 0 radical (unpaired) electrons. The van der Waals surface area contributed by atoms with Crippen LogP contribution in [0.5, 0.6) is 5.75 Å². The summed E-state index contributed by atoms with van der Waals surface area (Å²) in [5, 5.41) is 0.585. The average molecular weight is 539 g/mol. The molecule has 2 aliphatic rings. The number of anilines is 1. The van der Waals surface area contributed by atoms with Crippen molar-refractivity contribution in [3.8, 4) is 5.75 Å². The van der Waals surface area contributed by atoms with Gasteiger partial charge in [-0.2, -0.15) is 0 Å². The molecule has 0 amide bonds. The lowest BCUT2D eigenvalue weighted by Gasteiger charge is -2.45. The highest BCUT2D eigenvalue weighted by Gasteiger charge is 2.38. The third kappa shape index (κ3) is 5.66. The van der Waals surface area contributed by atoms with Gasteiger partial charge in [-0.15, -0.1) is 0 Å². The Morgan fingerprint density at radius 3 is 2.27 bits per heavy atom. The minimum absolute atomic E-state index is 0.132. The maximum absolute atomic E-state index is 14.0. The number of sulfonamides is 1. The number of ether oxygens (including phenoxy) is 1. The van der Waals surface area contributed by atoms with Gasteiger partial charge < -0.3 is 4.74 Å². The Kier molecular flexibility index (Phi) is 8.08. The second-order valence-electron chi connectivity index (χ2n) is 10.1. The van der Waals surface area contributed by atoms with Crippen LogP contribution in [-0.2, 0) is 10.0 Å². The van der Waals surface area contributed by atoms with Gasteiger partial charge >= 0.3 is 0 Å². The minimum Gasteiger partial charge on any atom is -0.497 e. The highest BCUT2D eigenvalue weighted by Crippen LogP contribution is 2.39. The van der Waals surface area contributed by atoms with Crippen molar-refractivity contribution in [2.24, 2.45) is 0 Å². The molecular formula is C30H35ClN2O3S. The van der Waals surface area contributed by atoms with Crippen LogP contribution in [0.4, 0.5) is 5.69 Å². The molecule has 1 saturated carbocycles. The number of methoxy groups -OCH3 is 1. The number of halogens is 1. The topological polar surface area (TPSA) is 49.9 Å². The summed E-state index contributed by atoms with van der Waals surface area (Å²) in [6.07, 6.45) is 6.52. The van der Waals surface area contributed by atoms with Crippen LogP contribution in [-0.4, -0.2) is 45.6 Å². The van der Waals surface area contributed by atoms with E-state index in [1.807, 2.05) is 0 Å². The van der Waals surface area contributed by atoms with Gasteiger partial charge in [-0.3, -0.25) is 9.21 Å². The molecule has 3 aromatic carbocycles. The van der Waals surface area contributed by atoms with E-state index in [9.17, 15) is 8.42 Å². The molecule has 37 heavy (non-hydrogen) atoms. The van der Waals surface area contributed by atoms with Crippen molar-refractivity contribution in [3.05, 3.63) is 89.4 Å². The van der Waals surface area contributed by atoms with E-state index in [-0.39, 0.29) is 10.9 Å². The SMILES string of the molecule is COc1cccc(S(=O)(=O)N(c2ccc(Cl)cc2)C2CCN(C3CCCCC3c3ccccc3)CC2)c1. The van der Waals surface area contributed by atoms with Crippen molar-refractivity contribution in [3.63, 3.8) is 0 Å². The second-order valence-corrected chi connectivity index (χ2v) is 12.3. The Morgan fingerprint density at radius 1 is 0.865 bits per heavy atom. The number of piperidine rings is 1. The van der Waals surface area contributed by atoms with E-state index in [4.69, 9.17) is 16.3 Å². The van der Waals surface area contributed by atoms with Crippen molar-refractivity contribution < 1.29 is 13.2 Å². The molecule has 1 aliphatic carbocycles. The van der Waals surface area contributed by atoms with Crippen molar-refractivity contribution in [1.82, 2.24) is 4.90 Å². The van der Waals surface area contributed by atoms with Gasteiger partial charge in [0.15, 0.2) is 0 Å². The summed E-state index contributed by atoms with van der Waals surface area (Å²) < 4.78 is 35.0. The largest absolute Gasteiger partial charge is 0.497 e. The van der Waals surface area contributed by atoms with Crippen LogP contribution in [0.15, 0.2) is 83.8 Å². The van der Waals surface area contributed by atoms with Crippen molar-refractivity contribution in [2.45, 2.75) is 61.4 Å². The van der Waals surface area contributed by atoms with E-state index in [2.05, 4.69) is 35.2 Å².